The molecule has 2 amide bonds. The van der Waals surface area contributed by atoms with E-state index in [1.54, 1.807) is 11.4 Å². The number of carbonyl (C=O) groups is 2. The normalized spacial score (nSPS) is 23.2. The van der Waals surface area contributed by atoms with Crippen LogP contribution in [-0.4, -0.2) is 45.5 Å². The molecule has 2 fully saturated rings. The zero-order valence-corrected chi connectivity index (χ0v) is 21.1. The molecule has 1 N–H and O–H groups in total. The molecular formula is C25H36N4O4S. The summed E-state index contributed by atoms with van der Waals surface area (Å²) in [6, 6.07) is 1.76. The number of likely N-dealkylation sites (tertiary alicyclic amines) is 1. The van der Waals surface area contributed by atoms with Crippen molar-refractivity contribution < 1.29 is 9.59 Å². The molecule has 34 heavy (non-hydrogen) atoms. The lowest BCUT2D eigenvalue weighted by molar-refractivity contribution is -0.133. The van der Waals surface area contributed by atoms with Crippen molar-refractivity contribution in [3.8, 4) is 0 Å². The van der Waals surface area contributed by atoms with Gasteiger partial charge in [-0.1, -0.05) is 13.8 Å². The molecule has 2 aliphatic rings. The molecule has 0 bridgehead atoms. The second-order valence-electron chi connectivity index (χ2n) is 10.0. The predicted molar refractivity (Wildman–Crippen MR) is 134 cm³/mol. The lowest BCUT2D eigenvalue weighted by Gasteiger charge is -2.31. The number of thiophene rings is 1. The van der Waals surface area contributed by atoms with Crippen LogP contribution < -0.4 is 16.6 Å². The van der Waals surface area contributed by atoms with Crippen molar-refractivity contribution in [2.45, 2.75) is 71.9 Å². The first-order chi connectivity index (χ1) is 16.4. The van der Waals surface area contributed by atoms with Crippen molar-refractivity contribution in [3.63, 3.8) is 0 Å². The number of hydrogen-bond acceptors (Lipinski definition) is 5. The van der Waals surface area contributed by atoms with E-state index in [0.29, 0.717) is 29.2 Å². The number of aromatic nitrogens is 2. The van der Waals surface area contributed by atoms with Gasteiger partial charge in [-0.05, 0) is 68.2 Å². The third-order valence-electron chi connectivity index (χ3n) is 7.35. The van der Waals surface area contributed by atoms with E-state index in [4.69, 9.17) is 0 Å². The first-order valence-corrected chi connectivity index (χ1v) is 13.5. The molecule has 1 saturated heterocycles. The van der Waals surface area contributed by atoms with Crippen molar-refractivity contribution in [2.24, 2.45) is 17.8 Å². The minimum atomic E-state index is -0.405. The topological polar surface area (TPSA) is 93.4 Å². The van der Waals surface area contributed by atoms with Crippen LogP contribution in [0.2, 0.25) is 0 Å². The highest BCUT2D eigenvalue weighted by Crippen LogP contribution is 2.30. The highest BCUT2D eigenvalue weighted by molar-refractivity contribution is 7.17. The molecule has 186 valence electrons. The Bertz CT molecular complexity index is 1140. The summed E-state index contributed by atoms with van der Waals surface area (Å²) in [5.74, 6) is 0.699. The van der Waals surface area contributed by atoms with Gasteiger partial charge < -0.3 is 10.2 Å². The third kappa shape index (κ3) is 5.29. The van der Waals surface area contributed by atoms with E-state index in [1.165, 1.54) is 20.5 Å². The Labute approximate surface area is 203 Å². The molecule has 0 aromatic carbocycles. The summed E-state index contributed by atoms with van der Waals surface area (Å²) in [4.78, 5) is 53.8. The summed E-state index contributed by atoms with van der Waals surface area (Å²) in [6.45, 7) is 6.61. The largest absolute Gasteiger partial charge is 0.356 e. The van der Waals surface area contributed by atoms with E-state index < -0.39 is 5.69 Å². The zero-order chi connectivity index (χ0) is 24.2. The van der Waals surface area contributed by atoms with Crippen LogP contribution >= 0.6 is 11.3 Å². The van der Waals surface area contributed by atoms with Crippen LogP contribution in [-0.2, 0) is 22.7 Å². The highest BCUT2D eigenvalue weighted by Gasteiger charge is 2.28. The minimum absolute atomic E-state index is 0.0144. The van der Waals surface area contributed by atoms with Gasteiger partial charge in [0.1, 0.15) is 11.2 Å². The van der Waals surface area contributed by atoms with Gasteiger partial charge in [-0.3, -0.25) is 23.5 Å². The zero-order valence-electron chi connectivity index (χ0n) is 20.3. The Hall–Kier alpha value is -2.42. The Kier molecular flexibility index (Phi) is 7.91. The molecule has 1 saturated carbocycles. The third-order valence-corrected chi connectivity index (χ3v) is 8.24. The van der Waals surface area contributed by atoms with Gasteiger partial charge in [-0.2, -0.15) is 0 Å². The molecule has 2 aromatic rings. The number of nitrogens with zero attached hydrogens (tertiary/aromatic N) is 3. The van der Waals surface area contributed by atoms with Crippen LogP contribution in [0.25, 0.3) is 10.2 Å². The van der Waals surface area contributed by atoms with Crippen LogP contribution in [0.4, 0.5) is 0 Å². The molecule has 1 atom stereocenters. The van der Waals surface area contributed by atoms with Gasteiger partial charge in [0, 0.05) is 32.1 Å². The number of nitrogens with one attached hydrogen (secondary N) is 1. The van der Waals surface area contributed by atoms with Gasteiger partial charge in [-0.25, -0.2) is 4.79 Å². The van der Waals surface area contributed by atoms with Gasteiger partial charge in [0.25, 0.3) is 5.56 Å². The minimum Gasteiger partial charge on any atom is -0.356 e. The van der Waals surface area contributed by atoms with Gasteiger partial charge in [0.05, 0.1) is 5.52 Å². The fourth-order valence-electron chi connectivity index (χ4n) is 5.36. The van der Waals surface area contributed by atoms with Crippen LogP contribution in [0.15, 0.2) is 21.0 Å². The molecule has 0 spiro atoms. The average molecular weight is 489 g/mol. The van der Waals surface area contributed by atoms with Crippen LogP contribution in [0.3, 0.4) is 0 Å². The second kappa shape index (κ2) is 10.9. The monoisotopic (exact) mass is 488 g/mol. The molecule has 2 aromatic heterocycles. The molecule has 9 heteroatoms. The fraction of sp³-hybridized carbons (Fsp3) is 0.680. The standard InChI is InChI=1S/C25H36N4O4S/c1-3-11-26-23(31)19-8-6-18(7-9-19)15-29-24(32)22-20(10-13-34-22)28(25(29)33)16-21(30)27-12-4-5-17(2)14-27/h10,13,17-19H,3-9,11-12,14-16H2,1-2H3,(H,26,31)/t17-,18?,19?/m1/s1. The maximum absolute atomic E-state index is 13.4. The van der Waals surface area contributed by atoms with Crippen LogP contribution in [0.5, 0.6) is 0 Å². The van der Waals surface area contributed by atoms with Gasteiger partial charge in [-0.15, -0.1) is 11.3 Å². The Balaban J connectivity index is 1.51. The summed E-state index contributed by atoms with van der Waals surface area (Å²) in [5, 5.41) is 4.78. The summed E-state index contributed by atoms with van der Waals surface area (Å²) in [6.07, 6.45) is 6.18. The number of carbonyl (C=O) groups excluding carboxylic acids is 2. The first kappa shape index (κ1) is 24.7. The van der Waals surface area contributed by atoms with E-state index in [0.717, 1.165) is 58.0 Å². The Morgan fingerprint density at radius 2 is 1.88 bits per heavy atom. The molecule has 3 heterocycles. The first-order valence-electron chi connectivity index (χ1n) is 12.6. The number of piperidine rings is 1. The number of rotatable bonds is 7. The molecule has 0 radical (unpaired) electrons. The molecule has 8 nitrogen and oxygen atoms in total. The van der Waals surface area contributed by atoms with E-state index in [9.17, 15) is 19.2 Å². The van der Waals surface area contributed by atoms with Crippen LogP contribution in [0.1, 0.15) is 58.8 Å². The molecule has 1 aliphatic carbocycles. The van der Waals surface area contributed by atoms with Crippen molar-refractivity contribution in [1.29, 1.82) is 0 Å². The van der Waals surface area contributed by atoms with Crippen molar-refractivity contribution in [3.05, 3.63) is 32.3 Å². The van der Waals surface area contributed by atoms with Gasteiger partial charge in [0.2, 0.25) is 11.8 Å². The van der Waals surface area contributed by atoms with E-state index in [2.05, 4.69) is 12.2 Å². The van der Waals surface area contributed by atoms with Gasteiger partial charge in [0.15, 0.2) is 0 Å². The number of fused-ring (bicyclic) bond motifs is 1. The smallest absolute Gasteiger partial charge is 0.332 e. The van der Waals surface area contributed by atoms with E-state index >= 15 is 0 Å². The average Bonchev–Trinajstić information content (AvgIpc) is 3.33. The molecular weight excluding hydrogens is 452 g/mol. The molecule has 0 unspecified atom stereocenters. The van der Waals surface area contributed by atoms with Gasteiger partial charge >= 0.3 is 5.69 Å². The van der Waals surface area contributed by atoms with Crippen molar-refractivity contribution >= 4 is 33.4 Å². The number of amides is 2. The quantitative estimate of drug-likeness (QED) is 0.649. The predicted octanol–water partition coefficient (Wildman–Crippen LogP) is 2.82. The lowest BCUT2D eigenvalue weighted by Crippen LogP contribution is -2.46. The maximum Gasteiger partial charge on any atom is 0.332 e. The molecule has 4 rings (SSSR count). The summed E-state index contributed by atoms with van der Waals surface area (Å²) in [5.41, 5.74) is -0.129. The van der Waals surface area contributed by atoms with E-state index in [1.807, 2.05) is 11.8 Å². The maximum atomic E-state index is 13.4. The summed E-state index contributed by atoms with van der Waals surface area (Å²) in [7, 11) is 0. The highest BCUT2D eigenvalue weighted by atomic mass is 32.1. The Morgan fingerprint density at radius 3 is 2.59 bits per heavy atom. The Morgan fingerprint density at radius 1 is 1.12 bits per heavy atom. The SMILES string of the molecule is CCCNC(=O)C1CCC(Cn2c(=O)c3sccc3n(CC(=O)N3CCC[C@@H](C)C3)c2=O)CC1. The summed E-state index contributed by atoms with van der Waals surface area (Å²) >= 11 is 1.32. The van der Waals surface area contributed by atoms with Crippen LogP contribution in [0, 0.1) is 17.8 Å². The second-order valence-corrected chi connectivity index (χ2v) is 10.9. The van der Waals surface area contributed by atoms with Crippen molar-refractivity contribution in [2.75, 3.05) is 19.6 Å². The van der Waals surface area contributed by atoms with Crippen molar-refractivity contribution in [1.82, 2.24) is 19.4 Å². The molecule has 1 aliphatic heterocycles. The summed E-state index contributed by atoms with van der Waals surface area (Å²) < 4.78 is 3.33. The lowest BCUT2D eigenvalue weighted by atomic mass is 9.81. The number of hydrogen-bond donors (Lipinski definition) is 1. The fourth-order valence-corrected chi connectivity index (χ4v) is 6.20. The van der Waals surface area contributed by atoms with E-state index in [-0.39, 0.29) is 35.8 Å².